The van der Waals surface area contributed by atoms with Crippen LogP contribution in [0.15, 0.2) is 79.1 Å². The fraction of sp³-hybridized carbons (Fsp3) is 0.0385. The van der Waals surface area contributed by atoms with Gasteiger partial charge < -0.3 is 9.47 Å². The highest BCUT2D eigenvalue weighted by molar-refractivity contribution is 6.21. The zero-order chi connectivity index (χ0) is 22.4. The van der Waals surface area contributed by atoms with Crippen molar-refractivity contribution in [3.63, 3.8) is 0 Å². The normalized spacial score (nSPS) is 11.3. The van der Waals surface area contributed by atoms with Gasteiger partial charge in [0, 0.05) is 23.2 Å². The number of hydrogen-bond donors (Lipinski definition) is 0. The second-order valence-corrected chi connectivity index (χ2v) is 7.49. The number of aromatic nitrogens is 4. The lowest BCUT2D eigenvalue weighted by Crippen LogP contribution is -2.08. The molecular weight excluding hydrogens is 416 g/mol. The van der Waals surface area contributed by atoms with Gasteiger partial charge in [-0.1, -0.05) is 0 Å². The highest BCUT2D eigenvalue weighted by Crippen LogP contribution is 2.32. The molecule has 0 bridgehead atoms. The van der Waals surface area contributed by atoms with Crippen molar-refractivity contribution < 1.29 is 14.3 Å². The van der Waals surface area contributed by atoms with Crippen LogP contribution >= 0.6 is 0 Å². The molecule has 7 nitrogen and oxygen atoms in total. The molecule has 6 aromatic rings. The topological polar surface area (TPSA) is 87.1 Å². The maximum atomic E-state index is 12.7. The number of rotatable bonds is 3. The van der Waals surface area contributed by atoms with E-state index in [1.54, 1.807) is 62.0 Å². The van der Waals surface area contributed by atoms with E-state index in [-0.39, 0.29) is 0 Å². The van der Waals surface area contributed by atoms with E-state index in [0.29, 0.717) is 33.6 Å². The average molecular weight is 432 g/mol. The minimum atomic E-state index is -0.474. The van der Waals surface area contributed by atoms with Crippen molar-refractivity contribution >= 4 is 49.8 Å². The fourth-order valence-electron chi connectivity index (χ4n) is 3.94. The van der Waals surface area contributed by atoms with E-state index in [4.69, 9.17) is 19.4 Å². The van der Waals surface area contributed by atoms with E-state index in [2.05, 4.69) is 9.97 Å². The van der Waals surface area contributed by atoms with Crippen LogP contribution < -0.4 is 9.47 Å². The Morgan fingerprint density at radius 2 is 1.30 bits per heavy atom. The number of hydrogen-bond acceptors (Lipinski definition) is 7. The fourth-order valence-corrected chi connectivity index (χ4v) is 3.94. The monoisotopic (exact) mass is 432 g/mol. The van der Waals surface area contributed by atoms with Crippen LogP contribution in [0.2, 0.25) is 0 Å². The summed E-state index contributed by atoms with van der Waals surface area (Å²) in [6.45, 7) is 0. The number of nitrogens with zero attached hydrogens (tertiary/aromatic N) is 4. The summed E-state index contributed by atoms with van der Waals surface area (Å²) in [7, 11) is 1.58. The van der Waals surface area contributed by atoms with Crippen LogP contribution in [0.4, 0.5) is 0 Å². The Hall–Kier alpha value is -4.65. The van der Waals surface area contributed by atoms with Crippen molar-refractivity contribution in [3.05, 3.63) is 84.7 Å². The van der Waals surface area contributed by atoms with Crippen molar-refractivity contribution in [2.24, 2.45) is 0 Å². The van der Waals surface area contributed by atoms with Crippen LogP contribution in [0.3, 0.4) is 0 Å². The quantitative estimate of drug-likeness (QED) is 0.166. The van der Waals surface area contributed by atoms with Gasteiger partial charge in [0.1, 0.15) is 11.5 Å². The molecule has 0 spiro atoms. The van der Waals surface area contributed by atoms with Crippen LogP contribution in [0, 0.1) is 0 Å². The summed E-state index contributed by atoms with van der Waals surface area (Å²) in [5.74, 6) is 0.645. The second kappa shape index (κ2) is 7.49. The average Bonchev–Trinajstić information content (AvgIpc) is 2.88. The van der Waals surface area contributed by atoms with Crippen molar-refractivity contribution in [1.29, 1.82) is 0 Å². The number of esters is 1. The number of carbonyl (C=O) groups is 1. The first-order valence-electron chi connectivity index (χ1n) is 10.3. The van der Waals surface area contributed by atoms with Gasteiger partial charge in [0.2, 0.25) is 0 Å². The van der Waals surface area contributed by atoms with Gasteiger partial charge in [-0.15, -0.1) is 0 Å². The van der Waals surface area contributed by atoms with Crippen LogP contribution in [-0.2, 0) is 0 Å². The zero-order valence-electron chi connectivity index (χ0n) is 17.5. The Bertz CT molecular complexity index is 1700. The number of methoxy groups -OCH3 is 1. The van der Waals surface area contributed by atoms with Gasteiger partial charge in [-0.25, -0.2) is 14.8 Å². The summed E-state index contributed by atoms with van der Waals surface area (Å²) in [4.78, 5) is 31.5. The summed E-state index contributed by atoms with van der Waals surface area (Å²) in [6.07, 6.45) is 3.49. The Morgan fingerprint density at radius 3 is 1.94 bits per heavy atom. The summed E-state index contributed by atoms with van der Waals surface area (Å²) in [5, 5.41) is 1.75. The van der Waals surface area contributed by atoms with Crippen LogP contribution in [0.25, 0.3) is 43.9 Å². The largest absolute Gasteiger partial charge is 0.497 e. The molecule has 0 saturated carbocycles. The Balaban J connectivity index is 1.49. The predicted molar refractivity (Wildman–Crippen MR) is 126 cm³/mol. The summed E-state index contributed by atoms with van der Waals surface area (Å²) >= 11 is 0. The second-order valence-electron chi connectivity index (χ2n) is 7.49. The van der Waals surface area contributed by atoms with E-state index in [9.17, 15) is 4.79 Å². The molecule has 7 heteroatoms. The van der Waals surface area contributed by atoms with E-state index in [0.717, 1.165) is 27.3 Å². The van der Waals surface area contributed by atoms with Crippen molar-refractivity contribution in [2.75, 3.05) is 7.11 Å². The molecule has 0 aliphatic rings. The number of carbonyl (C=O) groups excluding carboxylic acids is 1. The van der Waals surface area contributed by atoms with Gasteiger partial charge >= 0.3 is 5.97 Å². The van der Waals surface area contributed by atoms with E-state index >= 15 is 0 Å². The van der Waals surface area contributed by atoms with Crippen LogP contribution in [0.5, 0.6) is 11.5 Å². The maximum Gasteiger partial charge on any atom is 0.343 e. The third-order valence-electron chi connectivity index (χ3n) is 5.52. The molecule has 0 unspecified atom stereocenters. The van der Waals surface area contributed by atoms with Crippen LogP contribution in [0.1, 0.15) is 10.4 Å². The molecule has 6 rings (SSSR count). The van der Waals surface area contributed by atoms with Gasteiger partial charge in [0.05, 0.1) is 45.8 Å². The Kier molecular flexibility index (Phi) is 4.33. The lowest BCUT2D eigenvalue weighted by molar-refractivity contribution is 0.0735. The molecule has 0 aliphatic carbocycles. The lowest BCUT2D eigenvalue weighted by atomic mass is 10.1. The van der Waals surface area contributed by atoms with E-state index in [1.165, 1.54) is 0 Å². The molecule has 3 aromatic heterocycles. The SMILES string of the molecule is COc1ccc(OC(=O)c2ccc3nc4c5cccnc5c5ncccc5c4nc3c2)cc1. The third-order valence-corrected chi connectivity index (χ3v) is 5.52. The first-order valence-corrected chi connectivity index (χ1v) is 10.3. The number of pyridine rings is 2. The standard InChI is InChI=1S/C26H16N4O3/c1-32-16-7-9-17(10-8-16)33-26(31)15-6-11-20-21(14-15)30-25-19-5-3-13-28-23(19)22-18(24(25)29-20)4-2-12-27-22/h2-14H,1H3. The molecular formula is C26H16N4O3. The van der Waals surface area contributed by atoms with Crippen molar-refractivity contribution in [1.82, 2.24) is 19.9 Å². The molecule has 0 atom stereocenters. The molecule has 3 aromatic carbocycles. The summed E-state index contributed by atoms with van der Waals surface area (Å²) in [5.41, 5.74) is 4.68. The Morgan fingerprint density at radius 1 is 0.697 bits per heavy atom. The highest BCUT2D eigenvalue weighted by atomic mass is 16.5. The summed E-state index contributed by atoms with van der Waals surface area (Å²) in [6, 6.07) is 19.7. The summed E-state index contributed by atoms with van der Waals surface area (Å²) < 4.78 is 10.6. The molecule has 0 aliphatic heterocycles. The molecule has 0 saturated heterocycles. The molecule has 158 valence electrons. The first kappa shape index (κ1) is 19.1. The maximum absolute atomic E-state index is 12.7. The van der Waals surface area contributed by atoms with Gasteiger partial charge in [-0.2, -0.15) is 0 Å². The van der Waals surface area contributed by atoms with Crippen molar-refractivity contribution in [3.8, 4) is 11.5 Å². The van der Waals surface area contributed by atoms with Crippen molar-refractivity contribution in [2.45, 2.75) is 0 Å². The molecule has 0 amide bonds. The minimum Gasteiger partial charge on any atom is -0.497 e. The first-order chi connectivity index (χ1) is 16.2. The molecule has 0 radical (unpaired) electrons. The highest BCUT2D eigenvalue weighted by Gasteiger charge is 2.15. The molecule has 3 heterocycles. The third kappa shape index (κ3) is 3.18. The number of fused-ring (bicyclic) bond motifs is 7. The molecule has 33 heavy (non-hydrogen) atoms. The van der Waals surface area contributed by atoms with E-state index < -0.39 is 5.97 Å². The van der Waals surface area contributed by atoms with Gasteiger partial charge in [0.25, 0.3) is 0 Å². The Labute approximate surface area is 187 Å². The molecule has 0 fully saturated rings. The number of ether oxygens (including phenoxy) is 2. The zero-order valence-corrected chi connectivity index (χ0v) is 17.5. The van der Waals surface area contributed by atoms with E-state index in [1.807, 2.05) is 24.3 Å². The van der Waals surface area contributed by atoms with Gasteiger partial charge in [-0.05, 0) is 66.7 Å². The van der Waals surface area contributed by atoms with Crippen LogP contribution in [-0.4, -0.2) is 33.0 Å². The van der Waals surface area contributed by atoms with Gasteiger partial charge in [0.15, 0.2) is 0 Å². The predicted octanol–water partition coefficient (Wildman–Crippen LogP) is 5.11. The molecule has 0 N–H and O–H groups in total. The smallest absolute Gasteiger partial charge is 0.343 e. The lowest BCUT2D eigenvalue weighted by Gasteiger charge is -2.09. The minimum absolute atomic E-state index is 0.386. The van der Waals surface area contributed by atoms with Gasteiger partial charge in [-0.3, -0.25) is 9.97 Å². The number of benzene rings is 3.